The summed E-state index contributed by atoms with van der Waals surface area (Å²) in [6.07, 6.45) is 3.90. The molecule has 1 fully saturated rings. The van der Waals surface area contributed by atoms with E-state index in [2.05, 4.69) is 20.0 Å². The third-order valence-corrected chi connectivity index (χ3v) is 7.04. The molecule has 2 atom stereocenters. The van der Waals surface area contributed by atoms with E-state index in [-0.39, 0.29) is 30.7 Å². The molecule has 0 spiro atoms. The second kappa shape index (κ2) is 12.1. The second-order valence-corrected chi connectivity index (χ2v) is 10.5. The number of hydrogen-bond donors (Lipinski definition) is 5. The van der Waals surface area contributed by atoms with Gasteiger partial charge in [-0.1, -0.05) is 60.7 Å². The number of aromatic nitrogens is 2. The van der Waals surface area contributed by atoms with Crippen LogP contribution in [0.3, 0.4) is 0 Å². The number of amidine groups is 1. The topological polar surface area (TPSA) is 197 Å². The maximum atomic E-state index is 14.0. The van der Waals surface area contributed by atoms with Gasteiger partial charge in [0.25, 0.3) is 10.2 Å². The predicted octanol–water partition coefficient (Wildman–Crippen LogP) is 0.362. The molecule has 0 radical (unpaired) electrons. The van der Waals surface area contributed by atoms with Crippen molar-refractivity contribution in [1.29, 1.82) is 5.41 Å². The van der Waals surface area contributed by atoms with E-state index in [1.54, 1.807) is 0 Å². The number of nitrogens with zero attached hydrogens (tertiary/aromatic N) is 3. The molecule has 204 valence electrons. The second-order valence-electron chi connectivity index (χ2n) is 9.18. The van der Waals surface area contributed by atoms with Crippen LogP contribution < -0.4 is 20.9 Å². The van der Waals surface area contributed by atoms with Gasteiger partial charge in [-0.15, -0.1) is 0 Å². The molecule has 2 aromatic carbocycles. The molecule has 1 aromatic heterocycles. The van der Waals surface area contributed by atoms with Crippen molar-refractivity contribution in [2.75, 3.05) is 6.54 Å². The van der Waals surface area contributed by atoms with Gasteiger partial charge in [0.1, 0.15) is 12.1 Å². The predicted molar refractivity (Wildman–Crippen MR) is 144 cm³/mol. The van der Waals surface area contributed by atoms with Crippen molar-refractivity contribution < 1.29 is 18.0 Å². The van der Waals surface area contributed by atoms with E-state index in [1.165, 1.54) is 17.3 Å². The van der Waals surface area contributed by atoms with Crippen LogP contribution in [0.1, 0.15) is 41.3 Å². The van der Waals surface area contributed by atoms with Crippen molar-refractivity contribution in [1.82, 2.24) is 24.9 Å². The molecule has 0 saturated carbocycles. The number of amides is 2. The van der Waals surface area contributed by atoms with E-state index >= 15 is 0 Å². The fraction of sp³-hybridized carbons (Fsp3) is 0.269. The number of nitrogen functional groups attached to an aromatic ring is 1. The number of hydrogen-bond acceptors (Lipinski definition) is 7. The Morgan fingerprint density at radius 2 is 1.59 bits per heavy atom. The molecule has 39 heavy (non-hydrogen) atoms. The van der Waals surface area contributed by atoms with E-state index < -0.39 is 34.1 Å². The first-order chi connectivity index (χ1) is 18.6. The molecule has 2 heterocycles. The van der Waals surface area contributed by atoms with Crippen LogP contribution in [0, 0.1) is 5.41 Å². The van der Waals surface area contributed by atoms with Crippen molar-refractivity contribution in [3.63, 3.8) is 0 Å². The van der Waals surface area contributed by atoms with Crippen LogP contribution in [0.4, 0.5) is 0 Å². The van der Waals surface area contributed by atoms with Crippen LogP contribution in [0.5, 0.6) is 0 Å². The number of carbonyl (C=O) groups is 2. The summed E-state index contributed by atoms with van der Waals surface area (Å²) in [5.74, 6) is -1.81. The summed E-state index contributed by atoms with van der Waals surface area (Å²) in [7, 11) is -4.29. The van der Waals surface area contributed by atoms with Crippen LogP contribution in [0.15, 0.2) is 73.1 Å². The lowest BCUT2D eigenvalue weighted by atomic mass is 9.84. The highest BCUT2D eigenvalue weighted by atomic mass is 32.2. The van der Waals surface area contributed by atoms with Crippen LogP contribution in [0.25, 0.3) is 0 Å². The summed E-state index contributed by atoms with van der Waals surface area (Å²) in [4.78, 5) is 36.5. The molecule has 0 aliphatic carbocycles. The molecular formula is C26H30N8O4S. The van der Waals surface area contributed by atoms with E-state index in [1.807, 2.05) is 60.7 Å². The van der Waals surface area contributed by atoms with Gasteiger partial charge in [0, 0.05) is 37.0 Å². The van der Waals surface area contributed by atoms with Crippen LogP contribution in [-0.2, 0) is 26.3 Å². The fourth-order valence-electron chi connectivity index (χ4n) is 4.71. The van der Waals surface area contributed by atoms with E-state index in [0.29, 0.717) is 29.5 Å². The maximum absolute atomic E-state index is 14.0. The minimum Gasteiger partial charge on any atom is -0.381 e. The highest BCUT2D eigenvalue weighted by Crippen LogP contribution is 2.31. The quantitative estimate of drug-likeness (QED) is 0.177. The van der Waals surface area contributed by atoms with Crippen LogP contribution in [0.2, 0.25) is 0 Å². The third-order valence-electron chi connectivity index (χ3n) is 6.46. The zero-order valence-corrected chi connectivity index (χ0v) is 21.8. The van der Waals surface area contributed by atoms with E-state index in [0.717, 1.165) is 0 Å². The van der Waals surface area contributed by atoms with Gasteiger partial charge in [0.2, 0.25) is 11.8 Å². The van der Waals surface area contributed by atoms with Crippen molar-refractivity contribution in [2.45, 2.75) is 37.4 Å². The summed E-state index contributed by atoms with van der Waals surface area (Å²) >= 11 is 0. The highest BCUT2D eigenvalue weighted by Gasteiger charge is 2.42. The Hall–Kier alpha value is -4.20. The smallest absolute Gasteiger partial charge is 0.275 e. The molecule has 7 N–H and O–H groups in total. The van der Waals surface area contributed by atoms with Gasteiger partial charge in [-0.25, -0.2) is 15.1 Å². The maximum Gasteiger partial charge on any atom is 0.275 e. The van der Waals surface area contributed by atoms with Gasteiger partial charge in [-0.2, -0.15) is 13.1 Å². The Kier molecular flexibility index (Phi) is 8.64. The molecule has 0 unspecified atom stereocenters. The molecule has 4 rings (SSSR count). The Balaban J connectivity index is 1.59. The standard InChI is InChI=1S/C26H30N8O4S/c27-23(28)24-30-14-17(15-31-24)16-32-25(35)20-12-7-13-34(20)26(36)22(33-39(29,37)38)21(18-8-3-1-4-9-18)19-10-5-2-6-11-19/h1-6,8-11,14-15,20-22,33H,7,12-13,16H2,(H3,27,28)(H,32,35)(H2,29,37,38)/t20-,22+/m0/s1. The average Bonchev–Trinajstić information content (AvgIpc) is 3.42. The third kappa shape index (κ3) is 7.02. The minimum atomic E-state index is -4.29. The number of rotatable bonds is 10. The van der Waals surface area contributed by atoms with Crippen molar-refractivity contribution in [3.05, 3.63) is 95.6 Å². The van der Waals surface area contributed by atoms with Crippen molar-refractivity contribution in [2.24, 2.45) is 10.9 Å². The van der Waals surface area contributed by atoms with Crippen molar-refractivity contribution in [3.8, 4) is 0 Å². The first-order valence-corrected chi connectivity index (χ1v) is 13.8. The largest absolute Gasteiger partial charge is 0.381 e. The molecule has 3 aromatic rings. The highest BCUT2D eigenvalue weighted by molar-refractivity contribution is 7.87. The van der Waals surface area contributed by atoms with Gasteiger partial charge in [0.15, 0.2) is 11.7 Å². The van der Waals surface area contributed by atoms with Gasteiger partial charge in [-0.3, -0.25) is 15.0 Å². The Bertz CT molecular complexity index is 1380. The summed E-state index contributed by atoms with van der Waals surface area (Å²) in [5, 5.41) is 15.5. The summed E-state index contributed by atoms with van der Waals surface area (Å²) in [6, 6.07) is 16.1. The molecule has 1 aliphatic heterocycles. The molecule has 12 nitrogen and oxygen atoms in total. The Morgan fingerprint density at radius 1 is 1.03 bits per heavy atom. The van der Waals surface area contributed by atoms with Gasteiger partial charge in [-0.05, 0) is 24.0 Å². The number of benzene rings is 2. The lowest BCUT2D eigenvalue weighted by molar-refractivity contribution is -0.140. The van der Waals surface area contributed by atoms with Crippen molar-refractivity contribution >= 4 is 27.9 Å². The Labute approximate surface area is 226 Å². The normalized spacial score (nSPS) is 16.2. The molecule has 13 heteroatoms. The number of nitrogens with two attached hydrogens (primary N) is 2. The SMILES string of the molecule is N=C(N)c1ncc(CNC(=O)[C@@H]2CCCN2C(=O)[C@H](NS(N)(=O)=O)C(c2ccccc2)c2ccccc2)cn1. The van der Waals surface area contributed by atoms with Gasteiger partial charge >= 0.3 is 0 Å². The molecular weight excluding hydrogens is 520 g/mol. The minimum absolute atomic E-state index is 0.0809. The lowest BCUT2D eigenvalue weighted by Crippen LogP contribution is -2.56. The number of nitrogens with one attached hydrogen (secondary N) is 3. The summed E-state index contributed by atoms with van der Waals surface area (Å²) in [6.45, 7) is 0.386. The Morgan fingerprint density at radius 3 is 2.10 bits per heavy atom. The fourth-order valence-corrected chi connectivity index (χ4v) is 5.30. The van der Waals surface area contributed by atoms with Gasteiger partial charge < -0.3 is 16.0 Å². The number of carbonyl (C=O) groups excluding carboxylic acids is 2. The molecule has 0 bridgehead atoms. The molecule has 1 aliphatic rings. The zero-order valence-electron chi connectivity index (χ0n) is 21.0. The molecule has 1 saturated heterocycles. The van der Waals surface area contributed by atoms with Crippen LogP contribution in [-0.4, -0.2) is 59.6 Å². The zero-order chi connectivity index (χ0) is 28.0. The van der Waals surface area contributed by atoms with Crippen LogP contribution >= 0.6 is 0 Å². The average molecular weight is 551 g/mol. The lowest BCUT2D eigenvalue weighted by Gasteiger charge is -2.33. The molecule has 2 amide bonds. The first-order valence-electron chi connectivity index (χ1n) is 12.3. The van der Waals surface area contributed by atoms with E-state index in [4.69, 9.17) is 16.3 Å². The summed E-state index contributed by atoms with van der Waals surface area (Å²) in [5.41, 5.74) is 7.39. The first kappa shape index (κ1) is 27.8. The monoisotopic (exact) mass is 550 g/mol. The summed E-state index contributed by atoms with van der Waals surface area (Å²) < 4.78 is 26.8. The van der Waals surface area contributed by atoms with Gasteiger partial charge in [0.05, 0.1) is 0 Å². The number of likely N-dealkylation sites (tertiary alicyclic amines) is 1. The van der Waals surface area contributed by atoms with E-state index in [9.17, 15) is 18.0 Å².